The van der Waals surface area contributed by atoms with Crippen molar-refractivity contribution >= 4 is 0 Å². The van der Waals surface area contributed by atoms with Gasteiger partial charge in [-0.25, -0.2) is 4.98 Å². The first-order valence-corrected chi connectivity index (χ1v) is 4.90. The lowest BCUT2D eigenvalue weighted by Crippen LogP contribution is -2.22. The first kappa shape index (κ1) is 10.7. The summed E-state index contributed by atoms with van der Waals surface area (Å²) in [4.78, 5) is 4.13. The molecule has 1 unspecified atom stereocenters. The van der Waals surface area contributed by atoms with E-state index in [-0.39, 0.29) is 6.04 Å². The van der Waals surface area contributed by atoms with Crippen LogP contribution < -0.4 is 5.32 Å². The number of aromatic nitrogens is 3. The molecule has 0 aromatic carbocycles. The Morgan fingerprint density at radius 1 is 1.71 bits per heavy atom. The van der Waals surface area contributed by atoms with E-state index in [1.807, 2.05) is 0 Å². The second-order valence-corrected chi connectivity index (χ2v) is 3.08. The van der Waals surface area contributed by atoms with E-state index in [4.69, 9.17) is 6.42 Å². The summed E-state index contributed by atoms with van der Waals surface area (Å²) in [5.74, 6) is 3.53. The summed E-state index contributed by atoms with van der Waals surface area (Å²) in [6, 6.07) is 0.246. The summed E-state index contributed by atoms with van der Waals surface area (Å²) in [5.41, 5.74) is 0. The molecule has 4 nitrogen and oxygen atoms in total. The standard InChI is InChI=1S/C10H16N4/c1-3-5-6-7-9(11-4-2)10-12-8-13-14-10/h1,8-9,11H,4-7H2,2H3,(H,12,13,14). The van der Waals surface area contributed by atoms with Crippen molar-refractivity contribution in [3.63, 3.8) is 0 Å². The highest BCUT2D eigenvalue weighted by molar-refractivity contribution is 4.92. The van der Waals surface area contributed by atoms with Crippen molar-refractivity contribution in [2.75, 3.05) is 6.54 Å². The van der Waals surface area contributed by atoms with Crippen LogP contribution in [0.4, 0.5) is 0 Å². The van der Waals surface area contributed by atoms with Crippen molar-refractivity contribution in [2.24, 2.45) is 0 Å². The van der Waals surface area contributed by atoms with E-state index in [9.17, 15) is 0 Å². The SMILES string of the molecule is C#CCCCC(NCC)c1ncn[nH]1. The van der Waals surface area contributed by atoms with Crippen LogP contribution in [0.15, 0.2) is 6.33 Å². The molecule has 0 aliphatic carbocycles. The second kappa shape index (κ2) is 6.17. The molecule has 2 N–H and O–H groups in total. The van der Waals surface area contributed by atoms with Gasteiger partial charge in [-0.1, -0.05) is 6.92 Å². The van der Waals surface area contributed by atoms with Crippen molar-refractivity contribution in [1.29, 1.82) is 0 Å². The number of hydrogen-bond donors (Lipinski definition) is 2. The minimum absolute atomic E-state index is 0.246. The van der Waals surface area contributed by atoms with Gasteiger partial charge < -0.3 is 5.32 Å². The lowest BCUT2D eigenvalue weighted by Gasteiger charge is -2.13. The third-order valence-electron chi connectivity index (χ3n) is 2.03. The molecule has 0 amide bonds. The van der Waals surface area contributed by atoms with Crippen molar-refractivity contribution < 1.29 is 0 Å². The molecule has 4 heteroatoms. The zero-order valence-corrected chi connectivity index (χ0v) is 8.45. The van der Waals surface area contributed by atoms with Gasteiger partial charge in [0, 0.05) is 6.42 Å². The van der Waals surface area contributed by atoms with Crippen molar-refractivity contribution in [2.45, 2.75) is 32.2 Å². The van der Waals surface area contributed by atoms with Gasteiger partial charge in [-0.3, -0.25) is 5.10 Å². The van der Waals surface area contributed by atoms with E-state index >= 15 is 0 Å². The summed E-state index contributed by atoms with van der Waals surface area (Å²) in [5, 5.41) is 10.1. The molecule has 0 bridgehead atoms. The first-order chi connectivity index (χ1) is 6.88. The molecule has 1 atom stereocenters. The summed E-state index contributed by atoms with van der Waals surface area (Å²) < 4.78 is 0. The summed E-state index contributed by atoms with van der Waals surface area (Å²) >= 11 is 0. The summed E-state index contributed by atoms with van der Waals surface area (Å²) in [6.07, 6.45) is 9.55. The van der Waals surface area contributed by atoms with Crippen LogP contribution >= 0.6 is 0 Å². The zero-order chi connectivity index (χ0) is 10.2. The molecule has 1 aromatic rings. The molecule has 76 valence electrons. The molecule has 1 heterocycles. The van der Waals surface area contributed by atoms with E-state index in [1.54, 1.807) is 0 Å². The van der Waals surface area contributed by atoms with Crippen molar-refractivity contribution in [1.82, 2.24) is 20.5 Å². The lowest BCUT2D eigenvalue weighted by atomic mass is 10.1. The third-order valence-corrected chi connectivity index (χ3v) is 2.03. The van der Waals surface area contributed by atoms with E-state index in [0.717, 1.165) is 31.6 Å². The van der Waals surface area contributed by atoms with Crippen LogP contribution in [-0.4, -0.2) is 21.7 Å². The molecule has 1 aromatic heterocycles. The molecule has 0 saturated heterocycles. The maximum absolute atomic E-state index is 5.20. The molecule has 0 aliphatic heterocycles. The fourth-order valence-corrected chi connectivity index (χ4v) is 1.37. The average Bonchev–Trinajstić information content (AvgIpc) is 2.70. The van der Waals surface area contributed by atoms with Crippen molar-refractivity contribution in [3.8, 4) is 12.3 Å². The zero-order valence-electron chi connectivity index (χ0n) is 8.45. The van der Waals surface area contributed by atoms with E-state index in [2.05, 4.69) is 33.3 Å². The fraction of sp³-hybridized carbons (Fsp3) is 0.600. The number of nitrogens with one attached hydrogen (secondary N) is 2. The number of aromatic amines is 1. The van der Waals surface area contributed by atoms with Gasteiger partial charge in [-0.05, 0) is 19.4 Å². The average molecular weight is 192 g/mol. The first-order valence-electron chi connectivity index (χ1n) is 4.90. The quantitative estimate of drug-likeness (QED) is 0.527. The van der Waals surface area contributed by atoms with E-state index < -0.39 is 0 Å². The van der Waals surface area contributed by atoms with Crippen LogP contribution in [0.5, 0.6) is 0 Å². The third kappa shape index (κ3) is 3.19. The maximum atomic E-state index is 5.20. The van der Waals surface area contributed by atoms with Crippen LogP contribution in [0.25, 0.3) is 0 Å². The number of terminal acetylenes is 1. The minimum atomic E-state index is 0.246. The van der Waals surface area contributed by atoms with Crippen LogP contribution in [-0.2, 0) is 0 Å². The van der Waals surface area contributed by atoms with Crippen molar-refractivity contribution in [3.05, 3.63) is 12.2 Å². The predicted octanol–water partition coefficient (Wildman–Crippen LogP) is 1.26. The Bertz CT molecular complexity index is 273. The molecular weight excluding hydrogens is 176 g/mol. The molecule has 0 fully saturated rings. The Morgan fingerprint density at radius 2 is 2.57 bits per heavy atom. The van der Waals surface area contributed by atoms with Gasteiger partial charge in [0.15, 0.2) is 0 Å². The Balaban J connectivity index is 2.44. The molecule has 0 saturated carbocycles. The van der Waals surface area contributed by atoms with E-state index in [0.29, 0.717) is 0 Å². The molecule has 0 spiro atoms. The lowest BCUT2D eigenvalue weighted by molar-refractivity contribution is 0.480. The maximum Gasteiger partial charge on any atom is 0.141 e. The van der Waals surface area contributed by atoms with Gasteiger partial charge in [0.1, 0.15) is 12.2 Å². The molecule has 0 radical (unpaired) electrons. The van der Waals surface area contributed by atoms with Gasteiger partial charge >= 0.3 is 0 Å². The molecule has 0 aliphatic rings. The normalized spacial score (nSPS) is 12.3. The highest BCUT2D eigenvalue weighted by atomic mass is 15.2. The monoisotopic (exact) mass is 192 g/mol. The van der Waals surface area contributed by atoms with Gasteiger partial charge in [-0.2, -0.15) is 5.10 Å². The van der Waals surface area contributed by atoms with Crippen LogP contribution in [0, 0.1) is 12.3 Å². The minimum Gasteiger partial charge on any atom is -0.308 e. The number of H-pyrrole nitrogens is 1. The van der Waals surface area contributed by atoms with Gasteiger partial charge in [0.25, 0.3) is 0 Å². The van der Waals surface area contributed by atoms with Crippen LogP contribution in [0.2, 0.25) is 0 Å². The largest absolute Gasteiger partial charge is 0.308 e. The highest BCUT2D eigenvalue weighted by Gasteiger charge is 2.11. The van der Waals surface area contributed by atoms with Crippen LogP contribution in [0.3, 0.4) is 0 Å². The van der Waals surface area contributed by atoms with Gasteiger partial charge in [0.2, 0.25) is 0 Å². The van der Waals surface area contributed by atoms with Gasteiger partial charge in [0.05, 0.1) is 6.04 Å². The van der Waals surface area contributed by atoms with Crippen LogP contribution in [0.1, 0.15) is 38.1 Å². The number of hydrogen-bond acceptors (Lipinski definition) is 3. The van der Waals surface area contributed by atoms with Gasteiger partial charge in [-0.15, -0.1) is 12.3 Å². The summed E-state index contributed by atoms with van der Waals surface area (Å²) in [6.45, 7) is 2.99. The molecular formula is C10H16N4. The Hall–Kier alpha value is -1.34. The summed E-state index contributed by atoms with van der Waals surface area (Å²) in [7, 11) is 0. The fourth-order valence-electron chi connectivity index (χ4n) is 1.37. The predicted molar refractivity (Wildman–Crippen MR) is 55.5 cm³/mol. The molecule has 1 rings (SSSR count). The smallest absolute Gasteiger partial charge is 0.141 e. The Kier molecular flexibility index (Phi) is 4.73. The second-order valence-electron chi connectivity index (χ2n) is 3.08. The molecule has 14 heavy (non-hydrogen) atoms. The Morgan fingerprint density at radius 3 is 3.14 bits per heavy atom. The van der Waals surface area contributed by atoms with E-state index in [1.165, 1.54) is 6.33 Å². The number of nitrogens with zero attached hydrogens (tertiary/aromatic N) is 2. The number of unbranched alkanes of at least 4 members (excludes halogenated alkanes) is 1. The topological polar surface area (TPSA) is 53.6 Å². The Labute approximate surface area is 84.5 Å². The highest BCUT2D eigenvalue weighted by Crippen LogP contribution is 2.14. The number of rotatable bonds is 6.